The van der Waals surface area contributed by atoms with Gasteiger partial charge in [0.2, 0.25) is 0 Å². The van der Waals surface area contributed by atoms with E-state index in [0.717, 1.165) is 19.3 Å². The average Bonchev–Trinajstić information content (AvgIpc) is 3.06. The van der Waals surface area contributed by atoms with E-state index in [1.54, 1.807) is 7.11 Å². The van der Waals surface area contributed by atoms with Gasteiger partial charge in [-0.15, -0.1) is 0 Å². The first-order valence-electron chi connectivity index (χ1n) is 8.01. The number of hydrogen-bond donors (Lipinski definition) is 1. The fraction of sp³-hybridized carbons (Fsp3) is 0.938. The fourth-order valence-corrected chi connectivity index (χ4v) is 5.61. The summed E-state index contributed by atoms with van der Waals surface area (Å²) in [5.41, 5.74) is 0. The van der Waals surface area contributed by atoms with Gasteiger partial charge < -0.3 is 14.6 Å². The third-order valence-corrected chi connectivity index (χ3v) is 6.11. The first-order valence-corrected chi connectivity index (χ1v) is 8.01. The lowest BCUT2D eigenvalue weighted by atomic mass is 9.66. The lowest BCUT2D eigenvalue weighted by Crippen LogP contribution is -2.43. The first-order chi connectivity index (χ1) is 9.63. The van der Waals surface area contributed by atoms with Gasteiger partial charge in [-0.25, -0.2) is 0 Å². The minimum Gasteiger partial charge on any atom is -0.481 e. The van der Waals surface area contributed by atoms with Crippen LogP contribution in [0.3, 0.4) is 0 Å². The summed E-state index contributed by atoms with van der Waals surface area (Å²) < 4.78 is 11.6. The molecule has 3 rings (SSSR count). The molecule has 20 heavy (non-hydrogen) atoms. The van der Waals surface area contributed by atoms with Crippen LogP contribution in [0.25, 0.3) is 0 Å². The summed E-state index contributed by atoms with van der Waals surface area (Å²) in [6, 6.07) is 0. The molecule has 1 aliphatic heterocycles. The Morgan fingerprint density at radius 2 is 1.80 bits per heavy atom. The number of carboxylic acids is 1. The molecule has 0 amide bonds. The van der Waals surface area contributed by atoms with Gasteiger partial charge in [0.1, 0.15) is 0 Å². The average molecular weight is 282 g/mol. The first kappa shape index (κ1) is 14.3. The second-order valence-corrected chi connectivity index (χ2v) is 6.73. The van der Waals surface area contributed by atoms with Crippen LogP contribution in [0.4, 0.5) is 0 Å². The van der Waals surface area contributed by atoms with Gasteiger partial charge in [-0.05, 0) is 48.9 Å². The zero-order valence-corrected chi connectivity index (χ0v) is 12.6. The van der Waals surface area contributed by atoms with Crippen LogP contribution in [0.1, 0.15) is 33.1 Å². The molecule has 0 spiro atoms. The van der Waals surface area contributed by atoms with Crippen LogP contribution >= 0.6 is 0 Å². The summed E-state index contributed by atoms with van der Waals surface area (Å²) in [7, 11) is 1.68. The summed E-state index contributed by atoms with van der Waals surface area (Å²) in [6.45, 7) is 4.93. The highest BCUT2D eigenvalue weighted by molar-refractivity contribution is 5.72. The molecule has 2 aliphatic carbocycles. The van der Waals surface area contributed by atoms with Crippen molar-refractivity contribution < 1.29 is 19.4 Å². The summed E-state index contributed by atoms with van der Waals surface area (Å²) in [5, 5.41) is 9.64. The van der Waals surface area contributed by atoms with E-state index < -0.39 is 5.97 Å². The molecular formula is C16H26O4. The predicted molar refractivity (Wildman–Crippen MR) is 74.3 cm³/mol. The quantitative estimate of drug-likeness (QED) is 0.841. The zero-order valence-electron chi connectivity index (χ0n) is 12.6. The van der Waals surface area contributed by atoms with Crippen LogP contribution in [0, 0.1) is 35.5 Å². The van der Waals surface area contributed by atoms with E-state index in [9.17, 15) is 9.90 Å². The van der Waals surface area contributed by atoms with Crippen molar-refractivity contribution in [1.82, 2.24) is 0 Å². The second-order valence-electron chi connectivity index (χ2n) is 6.73. The standard InChI is InChI=1S/C16H26O4/c1-4-11-14-8-6-9(15(14)12(5-2)20-11)13(16(17)18)10(8)7-19-3/h8-15H,4-7H2,1-3H3,(H,17,18). The van der Waals surface area contributed by atoms with Crippen molar-refractivity contribution in [3.05, 3.63) is 0 Å². The molecule has 3 aliphatic rings. The molecule has 0 aromatic rings. The predicted octanol–water partition coefficient (Wildman–Crippen LogP) is 2.42. The maximum absolute atomic E-state index is 11.7. The Bertz CT molecular complexity index is 383. The molecule has 1 heterocycles. The number of rotatable bonds is 5. The van der Waals surface area contributed by atoms with Crippen LogP contribution in [-0.4, -0.2) is 37.0 Å². The van der Waals surface area contributed by atoms with Gasteiger partial charge >= 0.3 is 5.97 Å². The highest BCUT2D eigenvalue weighted by atomic mass is 16.5. The van der Waals surface area contributed by atoms with Crippen molar-refractivity contribution >= 4 is 5.97 Å². The summed E-state index contributed by atoms with van der Waals surface area (Å²) in [4.78, 5) is 11.7. The number of ether oxygens (including phenoxy) is 2. The smallest absolute Gasteiger partial charge is 0.307 e. The van der Waals surface area contributed by atoms with Crippen LogP contribution in [0.2, 0.25) is 0 Å². The minimum atomic E-state index is -0.632. The highest BCUT2D eigenvalue weighted by Crippen LogP contribution is 2.64. The number of carbonyl (C=O) groups is 1. The molecule has 8 unspecified atom stereocenters. The SMILES string of the molecule is CCC1OC(CC)C2C3CC(C(COC)C3C(=O)O)C12. The van der Waals surface area contributed by atoms with E-state index >= 15 is 0 Å². The summed E-state index contributed by atoms with van der Waals surface area (Å²) >= 11 is 0. The van der Waals surface area contributed by atoms with Gasteiger partial charge in [0.25, 0.3) is 0 Å². The van der Waals surface area contributed by atoms with E-state index in [4.69, 9.17) is 9.47 Å². The van der Waals surface area contributed by atoms with Gasteiger partial charge in [0.15, 0.2) is 0 Å². The van der Waals surface area contributed by atoms with Crippen molar-refractivity contribution in [2.45, 2.75) is 45.3 Å². The topological polar surface area (TPSA) is 55.8 Å². The Kier molecular flexibility index (Phi) is 3.80. The van der Waals surface area contributed by atoms with E-state index in [0.29, 0.717) is 36.4 Å². The molecule has 114 valence electrons. The Hall–Kier alpha value is -0.610. The van der Waals surface area contributed by atoms with Crippen LogP contribution in [-0.2, 0) is 14.3 Å². The Labute approximate surface area is 120 Å². The number of aliphatic carboxylic acids is 1. The summed E-state index contributed by atoms with van der Waals surface area (Å²) in [5.74, 6) is 1.12. The molecule has 0 radical (unpaired) electrons. The van der Waals surface area contributed by atoms with E-state index in [1.165, 1.54) is 0 Å². The van der Waals surface area contributed by atoms with Gasteiger partial charge in [0.05, 0.1) is 24.7 Å². The molecule has 3 fully saturated rings. The van der Waals surface area contributed by atoms with Crippen molar-refractivity contribution in [1.29, 1.82) is 0 Å². The van der Waals surface area contributed by atoms with Gasteiger partial charge in [-0.3, -0.25) is 4.79 Å². The third-order valence-electron chi connectivity index (χ3n) is 6.11. The van der Waals surface area contributed by atoms with Crippen LogP contribution in [0.15, 0.2) is 0 Å². The summed E-state index contributed by atoms with van der Waals surface area (Å²) in [6.07, 6.45) is 3.70. The monoisotopic (exact) mass is 282 g/mol. The molecule has 0 aromatic carbocycles. The van der Waals surface area contributed by atoms with Crippen molar-refractivity contribution in [2.75, 3.05) is 13.7 Å². The zero-order chi connectivity index (χ0) is 14.4. The Balaban J connectivity index is 1.90. The highest BCUT2D eigenvalue weighted by Gasteiger charge is 2.65. The van der Waals surface area contributed by atoms with Gasteiger partial charge in [0, 0.05) is 7.11 Å². The van der Waals surface area contributed by atoms with E-state index in [1.807, 2.05) is 0 Å². The number of fused-ring (bicyclic) bond motifs is 5. The van der Waals surface area contributed by atoms with Crippen LogP contribution in [0.5, 0.6) is 0 Å². The van der Waals surface area contributed by atoms with Crippen molar-refractivity contribution in [3.63, 3.8) is 0 Å². The molecule has 2 saturated carbocycles. The number of carboxylic acid groups (broad SMARTS) is 1. The number of hydrogen-bond acceptors (Lipinski definition) is 3. The molecule has 4 nitrogen and oxygen atoms in total. The normalized spacial score (nSPS) is 49.5. The minimum absolute atomic E-state index is 0.178. The lowest BCUT2D eigenvalue weighted by molar-refractivity contribution is -0.148. The molecule has 1 saturated heterocycles. The number of methoxy groups -OCH3 is 1. The lowest BCUT2D eigenvalue weighted by Gasteiger charge is -2.37. The maximum atomic E-state index is 11.7. The van der Waals surface area contributed by atoms with Crippen molar-refractivity contribution in [2.24, 2.45) is 35.5 Å². The third kappa shape index (κ3) is 1.84. The molecule has 4 heteroatoms. The van der Waals surface area contributed by atoms with Crippen molar-refractivity contribution in [3.8, 4) is 0 Å². The molecule has 1 N–H and O–H groups in total. The Morgan fingerprint density at radius 3 is 2.30 bits per heavy atom. The molecular weight excluding hydrogens is 256 g/mol. The Morgan fingerprint density at radius 1 is 1.20 bits per heavy atom. The fourth-order valence-electron chi connectivity index (χ4n) is 5.61. The molecule has 2 bridgehead atoms. The van der Waals surface area contributed by atoms with E-state index in [-0.39, 0.29) is 17.9 Å². The molecule has 8 atom stereocenters. The van der Waals surface area contributed by atoms with E-state index in [2.05, 4.69) is 13.8 Å². The van der Waals surface area contributed by atoms with Gasteiger partial charge in [-0.1, -0.05) is 13.8 Å². The molecule has 0 aromatic heterocycles. The van der Waals surface area contributed by atoms with Gasteiger partial charge in [-0.2, -0.15) is 0 Å². The second kappa shape index (κ2) is 5.30. The maximum Gasteiger partial charge on any atom is 0.307 e. The largest absolute Gasteiger partial charge is 0.481 e. The van der Waals surface area contributed by atoms with Crippen LogP contribution < -0.4 is 0 Å².